The van der Waals surface area contributed by atoms with E-state index in [1.54, 1.807) is 40.5 Å². The molecule has 2 fully saturated rings. The molecule has 18 nitrogen and oxygen atoms in total. The highest BCUT2D eigenvalue weighted by Gasteiger charge is 2.34. The molecule has 11 heterocycles. The molecule has 1 aliphatic carbocycles. The van der Waals surface area contributed by atoms with Gasteiger partial charge in [-0.2, -0.15) is 15.2 Å². The summed E-state index contributed by atoms with van der Waals surface area (Å²) in [6.07, 6.45) is 21.7. The van der Waals surface area contributed by atoms with Crippen molar-refractivity contribution >= 4 is 65.9 Å². The fourth-order valence-corrected chi connectivity index (χ4v) is 10.2. The highest BCUT2D eigenvalue weighted by molar-refractivity contribution is 7.71. The molecule has 376 valence electrons. The van der Waals surface area contributed by atoms with Gasteiger partial charge in [-0.1, -0.05) is 39.2 Å². The molecule has 12 rings (SSSR count). The minimum absolute atomic E-state index is 0. The normalized spacial score (nSPS) is 18.2. The highest BCUT2D eigenvalue weighted by Crippen LogP contribution is 2.36. The van der Waals surface area contributed by atoms with Crippen LogP contribution in [-0.2, 0) is 4.74 Å². The summed E-state index contributed by atoms with van der Waals surface area (Å²) >= 11 is 4.75. The second kappa shape index (κ2) is 22.3. The molecule has 0 radical (unpaired) electrons. The third kappa shape index (κ3) is 11.1. The first-order valence-electron chi connectivity index (χ1n) is 23.8. The van der Waals surface area contributed by atoms with Crippen molar-refractivity contribution in [3.05, 3.63) is 109 Å². The van der Waals surface area contributed by atoms with Crippen LogP contribution in [0.4, 0.5) is 14.8 Å². The van der Waals surface area contributed by atoms with E-state index in [9.17, 15) is 8.78 Å². The van der Waals surface area contributed by atoms with E-state index in [2.05, 4.69) is 92.2 Å². The lowest BCUT2D eigenvalue weighted by Gasteiger charge is -2.21. The van der Waals surface area contributed by atoms with Crippen LogP contribution in [0, 0.1) is 16.7 Å². The lowest BCUT2D eigenvalue weighted by molar-refractivity contribution is 0.140. The monoisotopic (exact) mass is 1020 g/mol. The number of nitrogens with zero attached hydrogens (tertiary/aromatic N) is 12. The van der Waals surface area contributed by atoms with E-state index in [1.165, 1.54) is 6.33 Å². The number of aromatic amines is 2. The fraction of sp³-hybridized carbons (Fsp3) is 0.400. The summed E-state index contributed by atoms with van der Waals surface area (Å²) < 4.78 is 48.2. The van der Waals surface area contributed by atoms with Crippen LogP contribution in [0.3, 0.4) is 0 Å². The third-order valence-electron chi connectivity index (χ3n) is 13.2. The van der Waals surface area contributed by atoms with Gasteiger partial charge in [-0.15, -0.1) is 0 Å². The van der Waals surface area contributed by atoms with E-state index in [0.29, 0.717) is 35.4 Å². The number of nitrogens with one attached hydrogen (secondary N) is 3. The van der Waals surface area contributed by atoms with E-state index in [1.807, 2.05) is 53.8 Å². The Hall–Kier alpha value is -6.88. The number of alkyl halides is 2. The average Bonchev–Trinajstić information content (AvgIpc) is 4.23. The number of H-pyrrole nitrogens is 2. The zero-order valence-electron chi connectivity index (χ0n) is 39.7. The minimum atomic E-state index is -1.09. The molecule has 2 saturated heterocycles. The van der Waals surface area contributed by atoms with Crippen molar-refractivity contribution in [3.63, 3.8) is 0 Å². The van der Waals surface area contributed by atoms with Crippen LogP contribution < -0.4 is 10.2 Å². The maximum Gasteiger partial charge on any atom is 0.299 e. The first-order chi connectivity index (χ1) is 34.6. The largest absolute Gasteiger partial charge is 0.410 e. The summed E-state index contributed by atoms with van der Waals surface area (Å²) in [6, 6.07) is 10.4. The summed E-state index contributed by atoms with van der Waals surface area (Å²) in [7, 11) is -1.09. The Labute approximate surface area is 420 Å². The van der Waals surface area contributed by atoms with E-state index in [0.717, 1.165) is 101 Å². The number of ether oxygens (including phenoxy) is 1. The second-order valence-corrected chi connectivity index (χ2v) is 25.1. The molecule has 3 aliphatic rings. The number of hydrogen-bond acceptors (Lipinski definition) is 15. The third-order valence-corrected chi connectivity index (χ3v) is 15.1. The smallest absolute Gasteiger partial charge is 0.299 e. The average molecular weight is 1020 g/mol. The molecule has 9 aromatic heterocycles. The molecule has 22 heteroatoms. The Morgan fingerprint density at radius 3 is 2.33 bits per heavy atom. The maximum absolute atomic E-state index is 14.1. The number of fused-ring (bicyclic) bond motifs is 4. The minimum Gasteiger partial charge on any atom is -0.410 e. The molecule has 0 bridgehead atoms. The quantitative estimate of drug-likeness (QED) is 0.0526. The number of anilines is 1. The second-order valence-electron chi connectivity index (χ2n) is 19.1. The molecule has 2 aliphatic heterocycles. The van der Waals surface area contributed by atoms with Crippen LogP contribution in [-0.4, -0.2) is 125 Å². The molecule has 0 spiro atoms. The maximum atomic E-state index is 14.1. The Balaban J connectivity index is 0.000000147. The molecule has 9 aromatic rings. The van der Waals surface area contributed by atoms with Gasteiger partial charge in [0.25, 0.3) is 10.9 Å². The number of halogens is 2. The van der Waals surface area contributed by atoms with Crippen molar-refractivity contribution in [2.75, 3.05) is 57.6 Å². The predicted octanol–water partition coefficient (Wildman–Crippen LogP) is 9.84. The zero-order chi connectivity index (χ0) is 48.9. The van der Waals surface area contributed by atoms with Crippen LogP contribution >= 0.6 is 12.2 Å². The number of aromatic nitrogens is 13. The van der Waals surface area contributed by atoms with Crippen molar-refractivity contribution in [2.45, 2.75) is 64.0 Å². The van der Waals surface area contributed by atoms with Gasteiger partial charge in [-0.05, 0) is 73.9 Å². The molecule has 3 N–H and O–H groups in total. The molecular weight excluding hydrogens is 957 g/mol. The molecule has 5 atom stereocenters. The number of pyridine rings is 2. The van der Waals surface area contributed by atoms with Gasteiger partial charge in [-0.3, -0.25) is 9.36 Å². The lowest BCUT2D eigenvalue weighted by Crippen LogP contribution is -2.26. The Bertz CT molecular complexity index is 3230. The first-order valence-corrected chi connectivity index (χ1v) is 27.9. The Kier molecular flexibility index (Phi) is 15.5. The van der Waals surface area contributed by atoms with Crippen LogP contribution in [0.1, 0.15) is 49.5 Å². The Morgan fingerprint density at radius 2 is 1.60 bits per heavy atom. The molecule has 0 aromatic carbocycles. The number of oxazole rings is 2. The van der Waals surface area contributed by atoms with Gasteiger partial charge >= 0.3 is 0 Å². The van der Waals surface area contributed by atoms with Gasteiger partial charge in [0.2, 0.25) is 11.4 Å². The standard InChI is InChI=1S/C22H32FN5OSi.C21H19FN8O.C6H4N2OS.CH4/c1-30(2,3)9-8-29-14-17-4-5-19-21(17)25-15-26-22(19)18-12-27-28(13-18)20(10-23)16-6-7-24-11-16;22-8-17(13-4-7-29(10-13)21-28-16-2-1-5-24-20(16)31-21)30-11-14(9-27-30)18-15-3-6-23-19(15)26-12-25-18;10-6-8-4-2-1-3-7-5(4)9-6;/h4-5,12-13,15-17,20,24H,6-11,14H2,1-3H3;1-3,5-6,9,11-13,17H,4,7-8,10H2,(H,23,25,26);1-3H,(H,8,10);1H4/t16-,17?,20?;13-,17?;;/m00../s1. The highest BCUT2D eigenvalue weighted by atomic mass is 32.1. The summed E-state index contributed by atoms with van der Waals surface area (Å²) in [5.74, 6) is 0.511. The van der Waals surface area contributed by atoms with Crippen LogP contribution in [0.25, 0.3) is 62.1 Å². The summed E-state index contributed by atoms with van der Waals surface area (Å²) in [4.78, 5) is 38.7. The molecule has 3 unspecified atom stereocenters. The molecule has 72 heavy (non-hydrogen) atoms. The molecular formula is C50H59F2N15O3SSi. The van der Waals surface area contributed by atoms with Gasteiger partial charge in [0.05, 0.1) is 48.2 Å². The van der Waals surface area contributed by atoms with Gasteiger partial charge in [0.1, 0.15) is 42.7 Å². The van der Waals surface area contributed by atoms with Crippen molar-refractivity contribution in [1.29, 1.82) is 0 Å². The van der Waals surface area contributed by atoms with Crippen LogP contribution in [0.5, 0.6) is 0 Å². The van der Waals surface area contributed by atoms with Gasteiger partial charge in [0.15, 0.2) is 0 Å². The fourth-order valence-electron chi connectivity index (χ4n) is 9.30. The van der Waals surface area contributed by atoms with Crippen LogP contribution in [0.15, 0.2) is 101 Å². The van der Waals surface area contributed by atoms with E-state index >= 15 is 0 Å². The van der Waals surface area contributed by atoms with E-state index < -0.39 is 21.4 Å². The Morgan fingerprint density at radius 1 is 0.861 bits per heavy atom. The lowest BCUT2D eigenvalue weighted by atomic mass is 10.0. The predicted molar refractivity (Wildman–Crippen MR) is 278 cm³/mol. The summed E-state index contributed by atoms with van der Waals surface area (Å²) in [5, 5.41) is 13.2. The first kappa shape index (κ1) is 50.1. The van der Waals surface area contributed by atoms with Crippen LogP contribution in [0.2, 0.25) is 25.7 Å². The van der Waals surface area contributed by atoms with Crippen molar-refractivity contribution in [3.8, 4) is 22.5 Å². The zero-order valence-corrected chi connectivity index (χ0v) is 41.5. The molecule has 0 saturated carbocycles. The van der Waals surface area contributed by atoms with Crippen molar-refractivity contribution in [2.24, 2.45) is 11.8 Å². The van der Waals surface area contributed by atoms with E-state index in [4.69, 9.17) is 25.8 Å². The van der Waals surface area contributed by atoms with Gasteiger partial charge in [0, 0.05) is 99.2 Å². The summed E-state index contributed by atoms with van der Waals surface area (Å²) in [6.45, 7) is 10.8. The van der Waals surface area contributed by atoms with E-state index in [-0.39, 0.29) is 37.3 Å². The van der Waals surface area contributed by atoms with Gasteiger partial charge < -0.3 is 33.8 Å². The number of rotatable bonds is 14. The van der Waals surface area contributed by atoms with Crippen molar-refractivity contribution in [1.82, 2.24) is 69.7 Å². The summed E-state index contributed by atoms with van der Waals surface area (Å²) in [5.41, 5.74) is 8.81. The SMILES string of the molecule is C.C[Si](C)(C)CCOCC1C=Cc2c(-c3cnn(C(CF)[C@H]4CCNC4)c3)ncnc21.FCC([C@H]1CCN(c2nc3cccnc3o2)C1)n1cc(-c2ncnc3[nH]ccc23)cn1.S=c1[nH]c2cccnc2o1. The van der Waals surface area contributed by atoms with Crippen molar-refractivity contribution < 1.29 is 22.4 Å². The number of hydrogen-bond donors (Lipinski definition) is 3. The van der Waals surface area contributed by atoms with Gasteiger partial charge in [-0.25, -0.2) is 38.7 Å². The molecule has 0 amide bonds. The topological polar surface area (TPSA) is 208 Å².